The molecule has 0 unspecified atom stereocenters. The van der Waals surface area contributed by atoms with Crippen LogP contribution in [0.4, 0.5) is 11.4 Å². The van der Waals surface area contributed by atoms with Gasteiger partial charge in [-0.05, 0) is 12.1 Å². The summed E-state index contributed by atoms with van der Waals surface area (Å²) in [6, 6.07) is 3.60. The molecule has 6 heteroatoms. The van der Waals surface area contributed by atoms with Gasteiger partial charge in [0, 0.05) is 20.1 Å². The Morgan fingerprint density at radius 1 is 1.32 bits per heavy atom. The lowest BCUT2D eigenvalue weighted by atomic mass is 10.1. The first-order chi connectivity index (χ1) is 9.16. The van der Waals surface area contributed by atoms with Crippen molar-refractivity contribution in [3.8, 4) is 0 Å². The smallest absolute Gasteiger partial charge is 0.260 e. The van der Waals surface area contributed by atoms with Crippen LogP contribution in [0.5, 0.6) is 0 Å². The summed E-state index contributed by atoms with van der Waals surface area (Å²) < 4.78 is 6.79. The van der Waals surface area contributed by atoms with E-state index in [1.807, 2.05) is 6.07 Å². The standard InChI is InChI=1S/C13H16N4O2/c1-16-8-15-11-7-12(17-2-4-19-5-3-17)10(14)6-9(11)13(16)18/h6-8H,2-5,14H2,1H3. The number of ether oxygens (including phenoxy) is 1. The Balaban J connectivity index is 2.14. The van der Waals surface area contributed by atoms with Crippen molar-refractivity contribution in [3.05, 3.63) is 28.8 Å². The molecule has 100 valence electrons. The monoisotopic (exact) mass is 260 g/mol. The molecule has 1 aromatic heterocycles. The first-order valence-corrected chi connectivity index (χ1v) is 6.24. The molecular formula is C13H16N4O2. The predicted molar refractivity (Wildman–Crippen MR) is 74.4 cm³/mol. The lowest BCUT2D eigenvalue weighted by molar-refractivity contribution is 0.123. The Hall–Kier alpha value is -2.08. The number of nitrogen functional groups attached to an aromatic ring is 1. The fourth-order valence-corrected chi connectivity index (χ4v) is 2.34. The third kappa shape index (κ3) is 2.04. The van der Waals surface area contributed by atoms with Crippen LogP contribution in [-0.4, -0.2) is 35.9 Å². The summed E-state index contributed by atoms with van der Waals surface area (Å²) in [6.45, 7) is 3.00. The zero-order valence-corrected chi connectivity index (χ0v) is 10.8. The lowest BCUT2D eigenvalue weighted by Gasteiger charge is -2.29. The molecule has 0 bridgehead atoms. The molecule has 1 aliphatic rings. The number of nitrogens with zero attached hydrogens (tertiary/aromatic N) is 3. The van der Waals surface area contributed by atoms with Crippen LogP contribution in [0.2, 0.25) is 0 Å². The summed E-state index contributed by atoms with van der Waals surface area (Å²) >= 11 is 0. The number of fused-ring (bicyclic) bond motifs is 1. The molecule has 1 aromatic carbocycles. The lowest BCUT2D eigenvalue weighted by Crippen LogP contribution is -2.36. The summed E-state index contributed by atoms with van der Waals surface area (Å²) in [7, 11) is 1.68. The Bertz CT molecular complexity index is 674. The fourth-order valence-electron chi connectivity index (χ4n) is 2.34. The van der Waals surface area contributed by atoms with Gasteiger partial charge in [-0.1, -0.05) is 0 Å². The maximum absolute atomic E-state index is 12.0. The van der Waals surface area contributed by atoms with Crippen molar-refractivity contribution in [2.24, 2.45) is 7.05 Å². The number of hydrogen-bond donors (Lipinski definition) is 1. The van der Waals surface area contributed by atoms with Crippen molar-refractivity contribution in [2.45, 2.75) is 0 Å². The number of benzene rings is 1. The molecule has 2 heterocycles. The highest BCUT2D eigenvalue weighted by Crippen LogP contribution is 2.27. The molecule has 0 amide bonds. The average Bonchev–Trinajstić information content (AvgIpc) is 2.44. The van der Waals surface area contributed by atoms with Gasteiger partial charge in [0.25, 0.3) is 5.56 Å². The van der Waals surface area contributed by atoms with Crippen LogP contribution < -0.4 is 16.2 Å². The maximum Gasteiger partial charge on any atom is 0.260 e. The van der Waals surface area contributed by atoms with E-state index in [1.165, 1.54) is 10.9 Å². The van der Waals surface area contributed by atoms with Gasteiger partial charge in [0.05, 0.1) is 41.8 Å². The van der Waals surface area contributed by atoms with Crippen molar-refractivity contribution in [2.75, 3.05) is 36.9 Å². The predicted octanol–water partition coefficient (Wildman–Crippen LogP) is 0.352. The number of aryl methyl sites for hydroxylation is 1. The molecule has 3 rings (SSSR count). The average molecular weight is 260 g/mol. The maximum atomic E-state index is 12.0. The summed E-state index contributed by atoms with van der Waals surface area (Å²) in [5.74, 6) is 0. The van der Waals surface area contributed by atoms with E-state index in [9.17, 15) is 4.79 Å². The zero-order valence-electron chi connectivity index (χ0n) is 10.8. The number of nitrogens with two attached hydrogens (primary N) is 1. The van der Waals surface area contributed by atoms with Gasteiger partial charge in [-0.25, -0.2) is 4.98 Å². The molecule has 0 radical (unpaired) electrons. The summed E-state index contributed by atoms with van der Waals surface area (Å²) in [5.41, 5.74) is 8.22. The van der Waals surface area contributed by atoms with E-state index in [2.05, 4.69) is 9.88 Å². The van der Waals surface area contributed by atoms with Gasteiger partial charge in [0.2, 0.25) is 0 Å². The van der Waals surface area contributed by atoms with Gasteiger partial charge in [-0.15, -0.1) is 0 Å². The van der Waals surface area contributed by atoms with Gasteiger partial charge in [0.15, 0.2) is 0 Å². The van der Waals surface area contributed by atoms with Gasteiger partial charge in [-0.3, -0.25) is 4.79 Å². The second kappa shape index (κ2) is 4.55. The second-order valence-corrected chi connectivity index (χ2v) is 4.69. The molecule has 0 spiro atoms. The molecule has 1 fully saturated rings. The normalized spacial score (nSPS) is 15.9. The van der Waals surface area contributed by atoms with E-state index < -0.39 is 0 Å². The van der Waals surface area contributed by atoms with Crippen LogP contribution >= 0.6 is 0 Å². The van der Waals surface area contributed by atoms with Crippen molar-refractivity contribution in [1.29, 1.82) is 0 Å². The first kappa shape index (κ1) is 12.0. The molecule has 2 N–H and O–H groups in total. The van der Waals surface area contributed by atoms with E-state index in [1.54, 1.807) is 13.1 Å². The highest BCUT2D eigenvalue weighted by atomic mass is 16.5. The van der Waals surface area contributed by atoms with Gasteiger partial charge in [-0.2, -0.15) is 0 Å². The molecule has 1 aliphatic heterocycles. The van der Waals surface area contributed by atoms with Crippen molar-refractivity contribution >= 4 is 22.3 Å². The number of rotatable bonds is 1. The van der Waals surface area contributed by atoms with Crippen molar-refractivity contribution in [1.82, 2.24) is 9.55 Å². The second-order valence-electron chi connectivity index (χ2n) is 4.69. The zero-order chi connectivity index (χ0) is 13.4. The quantitative estimate of drug-likeness (QED) is 0.749. The molecule has 2 aromatic rings. The minimum Gasteiger partial charge on any atom is -0.397 e. The molecular weight excluding hydrogens is 244 g/mol. The minimum atomic E-state index is -0.0785. The Morgan fingerprint density at radius 3 is 2.79 bits per heavy atom. The Morgan fingerprint density at radius 2 is 2.05 bits per heavy atom. The molecule has 1 saturated heterocycles. The molecule has 0 saturated carbocycles. The highest BCUT2D eigenvalue weighted by molar-refractivity contribution is 5.88. The third-order valence-electron chi connectivity index (χ3n) is 3.42. The van der Waals surface area contributed by atoms with Crippen LogP contribution in [0.15, 0.2) is 23.3 Å². The van der Waals surface area contributed by atoms with Crippen LogP contribution in [0.25, 0.3) is 10.9 Å². The molecule has 6 nitrogen and oxygen atoms in total. The first-order valence-electron chi connectivity index (χ1n) is 6.24. The van der Waals surface area contributed by atoms with Crippen LogP contribution in [0.3, 0.4) is 0 Å². The topological polar surface area (TPSA) is 73.4 Å². The Kier molecular flexibility index (Phi) is 2.87. The van der Waals surface area contributed by atoms with Gasteiger partial charge in [0.1, 0.15) is 0 Å². The number of anilines is 2. The van der Waals surface area contributed by atoms with E-state index in [4.69, 9.17) is 10.5 Å². The van der Waals surface area contributed by atoms with E-state index in [0.29, 0.717) is 29.8 Å². The summed E-state index contributed by atoms with van der Waals surface area (Å²) in [6.07, 6.45) is 1.53. The van der Waals surface area contributed by atoms with E-state index in [-0.39, 0.29) is 5.56 Å². The summed E-state index contributed by atoms with van der Waals surface area (Å²) in [4.78, 5) is 18.5. The van der Waals surface area contributed by atoms with Crippen LogP contribution in [-0.2, 0) is 11.8 Å². The van der Waals surface area contributed by atoms with Gasteiger partial charge < -0.3 is 19.9 Å². The van der Waals surface area contributed by atoms with Crippen LogP contribution in [0.1, 0.15) is 0 Å². The molecule has 19 heavy (non-hydrogen) atoms. The van der Waals surface area contributed by atoms with Gasteiger partial charge >= 0.3 is 0 Å². The third-order valence-corrected chi connectivity index (χ3v) is 3.42. The van der Waals surface area contributed by atoms with Crippen molar-refractivity contribution < 1.29 is 4.74 Å². The van der Waals surface area contributed by atoms with Crippen molar-refractivity contribution in [3.63, 3.8) is 0 Å². The van der Waals surface area contributed by atoms with Crippen LogP contribution in [0, 0.1) is 0 Å². The largest absolute Gasteiger partial charge is 0.397 e. The Labute approximate surface area is 110 Å². The fraction of sp³-hybridized carbons (Fsp3) is 0.385. The van der Waals surface area contributed by atoms with E-state index in [0.717, 1.165) is 18.8 Å². The number of aromatic nitrogens is 2. The molecule has 0 atom stereocenters. The van der Waals surface area contributed by atoms with E-state index >= 15 is 0 Å². The number of morpholine rings is 1. The highest BCUT2D eigenvalue weighted by Gasteiger charge is 2.15. The SMILES string of the molecule is Cn1cnc2cc(N3CCOCC3)c(N)cc2c1=O. The summed E-state index contributed by atoms with van der Waals surface area (Å²) in [5, 5.41) is 0.555. The minimum absolute atomic E-state index is 0.0785. The number of hydrogen-bond acceptors (Lipinski definition) is 5. The molecule has 0 aliphatic carbocycles.